The van der Waals surface area contributed by atoms with Crippen LogP contribution in [-0.4, -0.2) is 42.3 Å². The first-order valence-electron chi connectivity index (χ1n) is 6.28. The van der Waals surface area contributed by atoms with Gasteiger partial charge in [-0.25, -0.2) is 4.79 Å². The maximum absolute atomic E-state index is 11.2. The average Bonchev–Trinajstić information content (AvgIpc) is 2.83. The molecule has 0 atom stereocenters. The zero-order chi connectivity index (χ0) is 13.2. The van der Waals surface area contributed by atoms with Gasteiger partial charge >= 0.3 is 5.97 Å². The van der Waals surface area contributed by atoms with Crippen molar-refractivity contribution in [1.29, 1.82) is 0 Å². The number of carboxylic acid groups (broad SMARTS) is 1. The molecule has 1 aliphatic heterocycles. The number of morpholine rings is 1. The summed E-state index contributed by atoms with van der Waals surface area (Å²) in [5.74, 6) is -0.856. The summed E-state index contributed by atoms with van der Waals surface area (Å²) in [5, 5.41) is 12.3. The van der Waals surface area contributed by atoms with Gasteiger partial charge in [0.1, 0.15) is 0 Å². The molecule has 2 heterocycles. The molecule has 0 saturated carbocycles. The van der Waals surface area contributed by atoms with E-state index in [9.17, 15) is 9.90 Å². The minimum Gasteiger partial charge on any atom is -0.478 e. The van der Waals surface area contributed by atoms with Crippen molar-refractivity contribution in [2.75, 3.05) is 26.3 Å². The van der Waals surface area contributed by atoms with Crippen molar-refractivity contribution in [1.82, 2.24) is 4.90 Å². The molecule has 1 aromatic carbocycles. The molecule has 19 heavy (non-hydrogen) atoms. The Bertz CT molecular complexity index is 602. The molecule has 1 saturated heterocycles. The van der Waals surface area contributed by atoms with Crippen LogP contribution in [0.1, 0.15) is 15.9 Å². The van der Waals surface area contributed by atoms with Gasteiger partial charge in [0.25, 0.3) is 0 Å². The van der Waals surface area contributed by atoms with E-state index < -0.39 is 5.97 Å². The Hall–Kier alpha value is -1.43. The zero-order valence-electron chi connectivity index (χ0n) is 10.5. The summed E-state index contributed by atoms with van der Waals surface area (Å²) in [6.07, 6.45) is 0. The van der Waals surface area contributed by atoms with Crippen LogP contribution in [0.5, 0.6) is 0 Å². The maximum Gasteiger partial charge on any atom is 0.337 e. The molecule has 1 fully saturated rings. The van der Waals surface area contributed by atoms with Gasteiger partial charge < -0.3 is 9.84 Å². The van der Waals surface area contributed by atoms with Crippen molar-refractivity contribution in [3.8, 4) is 0 Å². The van der Waals surface area contributed by atoms with Gasteiger partial charge in [-0.15, -0.1) is 11.3 Å². The third-order valence-electron chi connectivity index (χ3n) is 3.41. The number of benzene rings is 1. The second-order valence-corrected chi connectivity index (χ2v) is 5.52. The lowest BCUT2D eigenvalue weighted by Crippen LogP contribution is -2.35. The van der Waals surface area contributed by atoms with E-state index in [0.717, 1.165) is 42.9 Å². The van der Waals surface area contributed by atoms with Crippen LogP contribution in [-0.2, 0) is 11.3 Å². The number of nitrogens with zero attached hydrogens (tertiary/aromatic N) is 1. The highest BCUT2D eigenvalue weighted by Gasteiger charge is 2.16. The van der Waals surface area contributed by atoms with Crippen LogP contribution in [0.25, 0.3) is 10.1 Å². The average molecular weight is 277 g/mol. The van der Waals surface area contributed by atoms with E-state index in [0.29, 0.717) is 5.56 Å². The van der Waals surface area contributed by atoms with Crippen LogP contribution in [0.15, 0.2) is 23.6 Å². The Kier molecular flexibility index (Phi) is 3.50. The van der Waals surface area contributed by atoms with Crippen molar-refractivity contribution in [2.45, 2.75) is 6.54 Å². The highest BCUT2D eigenvalue weighted by atomic mass is 32.1. The summed E-state index contributed by atoms with van der Waals surface area (Å²) in [6, 6.07) is 5.50. The van der Waals surface area contributed by atoms with Crippen LogP contribution in [0.4, 0.5) is 0 Å². The number of rotatable bonds is 3. The van der Waals surface area contributed by atoms with E-state index in [4.69, 9.17) is 4.74 Å². The van der Waals surface area contributed by atoms with E-state index >= 15 is 0 Å². The molecule has 100 valence electrons. The van der Waals surface area contributed by atoms with Gasteiger partial charge in [0, 0.05) is 24.3 Å². The first-order valence-corrected chi connectivity index (χ1v) is 7.16. The number of carbonyl (C=O) groups is 1. The third kappa shape index (κ3) is 2.49. The summed E-state index contributed by atoms with van der Waals surface area (Å²) in [6.45, 7) is 4.31. The lowest BCUT2D eigenvalue weighted by Gasteiger charge is -2.26. The van der Waals surface area contributed by atoms with E-state index in [1.807, 2.05) is 12.1 Å². The number of ether oxygens (including phenoxy) is 1. The van der Waals surface area contributed by atoms with Crippen LogP contribution in [0.3, 0.4) is 0 Å². The second-order valence-electron chi connectivity index (χ2n) is 4.64. The Morgan fingerprint density at radius 1 is 1.37 bits per heavy atom. The lowest BCUT2D eigenvalue weighted by molar-refractivity contribution is 0.0344. The number of aromatic carboxylic acids is 1. The maximum atomic E-state index is 11.2. The van der Waals surface area contributed by atoms with Gasteiger partial charge in [0.15, 0.2) is 0 Å². The largest absolute Gasteiger partial charge is 0.478 e. The summed E-state index contributed by atoms with van der Waals surface area (Å²) in [5.41, 5.74) is 1.61. The number of hydrogen-bond acceptors (Lipinski definition) is 4. The fraction of sp³-hybridized carbons (Fsp3) is 0.357. The van der Waals surface area contributed by atoms with Crippen molar-refractivity contribution >= 4 is 27.4 Å². The van der Waals surface area contributed by atoms with E-state index in [-0.39, 0.29) is 0 Å². The SMILES string of the molecule is O=C(O)c1cccc2c(CN3CCOCC3)csc12. The quantitative estimate of drug-likeness (QED) is 0.936. The van der Waals surface area contributed by atoms with Gasteiger partial charge in [-0.1, -0.05) is 12.1 Å². The first kappa shape index (κ1) is 12.6. The minimum atomic E-state index is -0.856. The van der Waals surface area contributed by atoms with Crippen LogP contribution in [0, 0.1) is 0 Å². The molecule has 1 aromatic heterocycles. The molecule has 1 aliphatic rings. The zero-order valence-corrected chi connectivity index (χ0v) is 11.3. The van der Waals surface area contributed by atoms with E-state index in [1.54, 1.807) is 6.07 Å². The van der Waals surface area contributed by atoms with Crippen molar-refractivity contribution in [3.05, 3.63) is 34.7 Å². The standard InChI is InChI=1S/C14H15NO3S/c16-14(17)12-3-1-2-11-10(9-19-13(11)12)8-15-4-6-18-7-5-15/h1-3,9H,4-8H2,(H,16,17). The Balaban J connectivity index is 1.92. The van der Waals surface area contributed by atoms with E-state index in [2.05, 4.69) is 10.3 Å². The van der Waals surface area contributed by atoms with Crippen molar-refractivity contribution < 1.29 is 14.6 Å². The molecule has 0 aliphatic carbocycles. The second kappa shape index (κ2) is 5.28. The Morgan fingerprint density at radius 2 is 2.16 bits per heavy atom. The number of thiophene rings is 1. The molecule has 4 nitrogen and oxygen atoms in total. The van der Waals surface area contributed by atoms with Crippen molar-refractivity contribution in [3.63, 3.8) is 0 Å². The van der Waals surface area contributed by atoms with Gasteiger partial charge in [0.2, 0.25) is 0 Å². The normalized spacial score (nSPS) is 16.8. The third-order valence-corrected chi connectivity index (χ3v) is 4.49. The Morgan fingerprint density at radius 3 is 2.89 bits per heavy atom. The fourth-order valence-electron chi connectivity index (χ4n) is 2.40. The molecule has 0 unspecified atom stereocenters. The monoisotopic (exact) mass is 277 g/mol. The molecular formula is C14H15NO3S. The molecule has 0 radical (unpaired) electrons. The van der Waals surface area contributed by atoms with Gasteiger partial charge in [-0.3, -0.25) is 4.90 Å². The van der Waals surface area contributed by atoms with Gasteiger partial charge in [-0.2, -0.15) is 0 Å². The smallest absolute Gasteiger partial charge is 0.337 e. The van der Waals surface area contributed by atoms with Crippen LogP contribution in [0.2, 0.25) is 0 Å². The number of fused-ring (bicyclic) bond motifs is 1. The highest BCUT2D eigenvalue weighted by molar-refractivity contribution is 7.17. The lowest BCUT2D eigenvalue weighted by atomic mass is 10.1. The predicted octanol–water partition coefficient (Wildman–Crippen LogP) is 2.43. The van der Waals surface area contributed by atoms with Crippen molar-refractivity contribution in [2.24, 2.45) is 0 Å². The van der Waals surface area contributed by atoms with Gasteiger partial charge in [0.05, 0.1) is 18.8 Å². The summed E-state index contributed by atoms with van der Waals surface area (Å²) < 4.78 is 6.21. The molecule has 1 N–H and O–H groups in total. The molecule has 2 aromatic rings. The summed E-state index contributed by atoms with van der Waals surface area (Å²) >= 11 is 1.52. The van der Waals surface area contributed by atoms with Crippen LogP contribution >= 0.6 is 11.3 Å². The number of carboxylic acids is 1. The fourth-order valence-corrected chi connectivity index (χ4v) is 3.47. The predicted molar refractivity (Wildman–Crippen MR) is 74.9 cm³/mol. The summed E-state index contributed by atoms with van der Waals surface area (Å²) in [4.78, 5) is 13.5. The molecule has 3 rings (SSSR count). The Labute approximate surface area is 115 Å². The minimum absolute atomic E-state index is 0.399. The topological polar surface area (TPSA) is 49.8 Å². The first-order chi connectivity index (χ1) is 9.25. The molecule has 0 spiro atoms. The van der Waals surface area contributed by atoms with Crippen LogP contribution < -0.4 is 0 Å². The number of hydrogen-bond donors (Lipinski definition) is 1. The molecule has 0 amide bonds. The molecule has 5 heteroatoms. The molecular weight excluding hydrogens is 262 g/mol. The highest BCUT2D eigenvalue weighted by Crippen LogP contribution is 2.30. The van der Waals surface area contributed by atoms with E-state index in [1.165, 1.54) is 16.9 Å². The molecule has 0 bridgehead atoms. The summed E-state index contributed by atoms with van der Waals surface area (Å²) in [7, 11) is 0. The van der Waals surface area contributed by atoms with Gasteiger partial charge in [-0.05, 0) is 22.4 Å².